The molecule has 3 aromatic heterocycles. The van der Waals surface area contributed by atoms with E-state index in [0.29, 0.717) is 23.8 Å². The zero-order valence-electron chi connectivity index (χ0n) is 14.3. The van der Waals surface area contributed by atoms with E-state index < -0.39 is 0 Å². The van der Waals surface area contributed by atoms with Crippen molar-refractivity contribution >= 4 is 5.91 Å². The summed E-state index contributed by atoms with van der Waals surface area (Å²) in [7, 11) is 0. The highest BCUT2D eigenvalue weighted by atomic mass is 16.5. The van der Waals surface area contributed by atoms with Gasteiger partial charge < -0.3 is 13.8 Å². The summed E-state index contributed by atoms with van der Waals surface area (Å²) in [5.74, 6) is 0.917. The van der Waals surface area contributed by atoms with Gasteiger partial charge in [-0.15, -0.1) is 0 Å². The molecule has 0 radical (unpaired) electrons. The first kappa shape index (κ1) is 15.7. The third kappa shape index (κ3) is 2.97. The molecule has 0 bridgehead atoms. The lowest BCUT2D eigenvalue weighted by Gasteiger charge is -2.24. The Morgan fingerprint density at radius 2 is 2.20 bits per heavy atom. The maximum atomic E-state index is 12.9. The fourth-order valence-electron chi connectivity index (χ4n) is 3.41. The van der Waals surface area contributed by atoms with Crippen LogP contribution in [-0.4, -0.2) is 38.3 Å². The lowest BCUT2D eigenvalue weighted by molar-refractivity contribution is 0.0710. The van der Waals surface area contributed by atoms with E-state index in [-0.39, 0.29) is 11.9 Å². The lowest BCUT2D eigenvalue weighted by atomic mass is 10.2. The molecule has 1 aliphatic rings. The molecule has 4 heterocycles. The molecule has 7 heteroatoms. The van der Waals surface area contributed by atoms with Gasteiger partial charge in [0.25, 0.3) is 5.91 Å². The second-order valence-corrected chi connectivity index (χ2v) is 6.46. The quantitative estimate of drug-likeness (QED) is 0.729. The summed E-state index contributed by atoms with van der Waals surface area (Å²) in [6.07, 6.45) is 3.51. The highest BCUT2D eigenvalue weighted by Crippen LogP contribution is 2.25. The molecule has 1 saturated heterocycles. The predicted molar refractivity (Wildman–Crippen MR) is 90.0 cm³/mol. The van der Waals surface area contributed by atoms with Crippen molar-refractivity contribution in [3.05, 3.63) is 47.6 Å². The first-order valence-electron chi connectivity index (χ1n) is 8.44. The molecule has 0 N–H and O–H groups in total. The van der Waals surface area contributed by atoms with Crippen molar-refractivity contribution in [2.45, 2.75) is 39.3 Å². The van der Waals surface area contributed by atoms with Crippen molar-refractivity contribution in [3.8, 4) is 11.5 Å². The minimum absolute atomic E-state index is 0.106. The van der Waals surface area contributed by atoms with E-state index in [9.17, 15) is 4.79 Å². The predicted octanol–water partition coefficient (Wildman–Crippen LogP) is 3.05. The Morgan fingerprint density at radius 1 is 1.32 bits per heavy atom. The summed E-state index contributed by atoms with van der Waals surface area (Å²) in [5.41, 5.74) is 2.41. The second kappa shape index (κ2) is 6.23. The van der Waals surface area contributed by atoms with Crippen LogP contribution in [0.15, 0.2) is 39.5 Å². The monoisotopic (exact) mass is 340 g/mol. The van der Waals surface area contributed by atoms with Crippen molar-refractivity contribution in [2.24, 2.45) is 0 Å². The molecule has 1 atom stereocenters. The maximum Gasteiger partial charge on any atom is 0.276 e. The van der Waals surface area contributed by atoms with Gasteiger partial charge in [-0.3, -0.25) is 9.48 Å². The molecular formula is C18H20N4O3. The largest absolute Gasteiger partial charge is 0.461 e. The van der Waals surface area contributed by atoms with Gasteiger partial charge >= 0.3 is 0 Å². The third-order valence-electron chi connectivity index (χ3n) is 4.62. The first-order valence-corrected chi connectivity index (χ1v) is 8.44. The number of likely N-dealkylation sites (tertiary alicyclic amines) is 1. The Morgan fingerprint density at radius 3 is 2.92 bits per heavy atom. The van der Waals surface area contributed by atoms with Gasteiger partial charge in [-0.25, -0.2) is 0 Å². The van der Waals surface area contributed by atoms with Gasteiger partial charge in [0.15, 0.2) is 11.5 Å². The molecule has 0 saturated carbocycles. The average Bonchev–Trinajstić information content (AvgIpc) is 3.34. The number of nitrogens with zero attached hydrogens (tertiary/aromatic N) is 4. The van der Waals surface area contributed by atoms with E-state index in [2.05, 4.69) is 10.3 Å². The van der Waals surface area contributed by atoms with Crippen molar-refractivity contribution in [1.29, 1.82) is 0 Å². The van der Waals surface area contributed by atoms with E-state index >= 15 is 0 Å². The third-order valence-corrected chi connectivity index (χ3v) is 4.62. The van der Waals surface area contributed by atoms with E-state index in [1.807, 2.05) is 29.5 Å². The van der Waals surface area contributed by atoms with Crippen LogP contribution in [0.5, 0.6) is 0 Å². The Hall–Kier alpha value is -2.83. The summed E-state index contributed by atoms with van der Waals surface area (Å²) in [6.45, 7) is 5.45. The zero-order valence-corrected chi connectivity index (χ0v) is 14.3. The summed E-state index contributed by atoms with van der Waals surface area (Å²) in [6, 6.07) is 7.35. The topological polar surface area (TPSA) is 77.3 Å². The minimum atomic E-state index is -0.106. The van der Waals surface area contributed by atoms with Crippen LogP contribution in [0.4, 0.5) is 0 Å². The van der Waals surface area contributed by atoms with Crippen molar-refractivity contribution in [3.63, 3.8) is 0 Å². The van der Waals surface area contributed by atoms with Crippen LogP contribution in [0.3, 0.4) is 0 Å². The van der Waals surface area contributed by atoms with Crippen LogP contribution < -0.4 is 0 Å². The Kier molecular flexibility index (Phi) is 3.91. The standard InChI is InChI=1S/C18H20N4O3/c1-12-9-13(2)22(19-12)11-14-5-3-7-21(14)18(23)15-10-17(25-20-15)16-6-4-8-24-16/h4,6,8-10,14H,3,5,7,11H2,1-2H3/t14-/m0/s1. The SMILES string of the molecule is Cc1cc(C)n(C[C@@H]2CCCN2C(=O)c2cc(-c3ccco3)on2)n1. The van der Waals surface area contributed by atoms with E-state index in [1.165, 1.54) is 0 Å². The number of carbonyl (C=O) groups excluding carboxylic acids is 1. The number of hydrogen-bond acceptors (Lipinski definition) is 5. The zero-order chi connectivity index (χ0) is 17.4. The molecule has 1 fully saturated rings. The van der Waals surface area contributed by atoms with E-state index in [0.717, 1.165) is 30.8 Å². The van der Waals surface area contributed by atoms with E-state index in [1.54, 1.807) is 24.5 Å². The Labute approximate surface area is 145 Å². The summed E-state index contributed by atoms with van der Waals surface area (Å²) in [5, 5.41) is 8.44. The fraction of sp³-hybridized carbons (Fsp3) is 0.389. The first-order chi connectivity index (χ1) is 12.1. The number of amides is 1. The molecule has 1 aliphatic heterocycles. The van der Waals surface area contributed by atoms with Crippen LogP contribution in [0.25, 0.3) is 11.5 Å². The summed E-state index contributed by atoms with van der Waals surface area (Å²) < 4.78 is 12.5. The van der Waals surface area contributed by atoms with Crippen molar-refractivity contribution in [1.82, 2.24) is 19.8 Å². The maximum absolute atomic E-state index is 12.9. The number of furan rings is 1. The number of carbonyl (C=O) groups is 1. The minimum Gasteiger partial charge on any atom is -0.461 e. The Balaban J connectivity index is 1.52. The Bertz CT molecular complexity index is 878. The molecule has 0 aliphatic carbocycles. The number of aromatic nitrogens is 3. The normalized spacial score (nSPS) is 17.4. The van der Waals surface area contributed by atoms with Crippen LogP contribution >= 0.6 is 0 Å². The molecule has 4 rings (SSSR count). The molecule has 1 amide bonds. The van der Waals surface area contributed by atoms with Gasteiger partial charge in [0, 0.05) is 18.3 Å². The molecule has 0 unspecified atom stereocenters. The van der Waals surface area contributed by atoms with Gasteiger partial charge in [-0.1, -0.05) is 5.16 Å². The van der Waals surface area contributed by atoms with Gasteiger partial charge in [-0.2, -0.15) is 5.10 Å². The lowest BCUT2D eigenvalue weighted by Crippen LogP contribution is -2.38. The molecule has 0 spiro atoms. The van der Waals surface area contributed by atoms with Gasteiger partial charge in [0.1, 0.15) is 0 Å². The van der Waals surface area contributed by atoms with Crippen LogP contribution in [0.2, 0.25) is 0 Å². The highest BCUT2D eigenvalue weighted by molar-refractivity contribution is 5.93. The van der Waals surface area contributed by atoms with Crippen molar-refractivity contribution in [2.75, 3.05) is 6.54 Å². The van der Waals surface area contributed by atoms with E-state index in [4.69, 9.17) is 8.94 Å². The molecule has 130 valence electrons. The van der Waals surface area contributed by atoms with Crippen LogP contribution in [-0.2, 0) is 6.54 Å². The van der Waals surface area contributed by atoms with Crippen molar-refractivity contribution < 1.29 is 13.7 Å². The van der Waals surface area contributed by atoms with Gasteiger partial charge in [-0.05, 0) is 44.9 Å². The second-order valence-electron chi connectivity index (χ2n) is 6.46. The summed E-state index contributed by atoms with van der Waals surface area (Å²) in [4.78, 5) is 14.7. The number of aryl methyl sites for hydroxylation is 2. The molecule has 7 nitrogen and oxygen atoms in total. The average molecular weight is 340 g/mol. The molecule has 25 heavy (non-hydrogen) atoms. The van der Waals surface area contributed by atoms with Gasteiger partial charge in [0.05, 0.1) is 24.5 Å². The number of rotatable bonds is 4. The molecule has 3 aromatic rings. The fourth-order valence-corrected chi connectivity index (χ4v) is 3.41. The van der Waals surface area contributed by atoms with Gasteiger partial charge in [0.2, 0.25) is 5.76 Å². The molecular weight excluding hydrogens is 320 g/mol. The summed E-state index contributed by atoms with van der Waals surface area (Å²) >= 11 is 0. The van der Waals surface area contributed by atoms with Crippen LogP contribution in [0.1, 0.15) is 34.7 Å². The van der Waals surface area contributed by atoms with Crippen LogP contribution in [0, 0.1) is 13.8 Å². The highest BCUT2D eigenvalue weighted by Gasteiger charge is 2.32. The smallest absolute Gasteiger partial charge is 0.276 e. The number of hydrogen-bond donors (Lipinski definition) is 0. The molecule has 0 aromatic carbocycles.